The molecule has 2 rings (SSSR count). The van der Waals surface area contributed by atoms with Crippen LogP contribution in [0.4, 0.5) is 0 Å². The van der Waals surface area contributed by atoms with Crippen LogP contribution < -0.4 is 0 Å². The molecule has 1 aliphatic heterocycles. The summed E-state index contributed by atoms with van der Waals surface area (Å²) in [6.07, 6.45) is 7.31. The van der Waals surface area contributed by atoms with Crippen LogP contribution in [0.25, 0.3) is 0 Å². The Morgan fingerprint density at radius 2 is 1.78 bits per heavy atom. The van der Waals surface area contributed by atoms with Crippen molar-refractivity contribution >= 4 is 9.84 Å². The van der Waals surface area contributed by atoms with E-state index in [0.717, 1.165) is 44.4 Å². The van der Waals surface area contributed by atoms with Crippen molar-refractivity contribution in [1.29, 1.82) is 0 Å². The summed E-state index contributed by atoms with van der Waals surface area (Å²) in [5.74, 6) is 1.28. The Morgan fingerprint density at radius 3 is 2.33 bits per heavy atom. The Balaban J connectivity index is 1.97. The van der Waals surface area contributed by atoms with Gasteiger partial charge in [-0.2, -0.15) is 0 Å². The standard InChI is InChI=1S/C14H26O3S/c1-2-11-6-8-12(9-7-11)14(15)13-5-3-4-10-18(13,16)17/h11-15H,2-10H2,1H3. The average Bonchev–Trinajstić information content (AvgIpc) is 2.37. The van der Waals surface area contributed by atoms with E-state index in [4.69, 9.17) is 0 Å². The summed E-state index contributed by atoms with van der Waals surface area (Å²) < 4.78 is 24.1. The highest BCUT2D eigenvalue weighted by Gasteiger charge is 2.39. The molecule has 1 aliphatic carbocycles. The number of hydrogen-bond donors (Lipinski definition) is 1. The first-order valence-electron chi connectivity index (χ1n) is 7.44. The van der Waals surface area contributed by atoms with E-state index in [1.807, 2.05) is 0 Å². The topological polar surface area (TPSA) is 54.4 Å². The van der Waals surface area contributed by atoms with E-state index in [1.165, 1.54) is 6.42 Å². The summed E-state index contributed by atoms with van der Waals surface area (Å²) >= 11 is 0. The Morgan fingerprint density at radius 1 is 1.11 bits per heavy atom. The Hall–Kier alpha value is -0.0900. The third-order valence-corrected chi connectivity index (χ3v) is 7.26. The lowest BCUT2D eigenvalue weighted by molar-refractivity contribution is 0.0659. The SMILES string of the molecule is CCC1CCC(C(O)C2CCCCS2(=O)=O)CC1. The number of aliphatic hydroxyl groups is 1. The molecule has 0 spiro atoms. The van der Waals surface area contributed by atoms with Crippen LogP contribution in [0.5, 0.6) is 0 Å². The van der Waals surface area contributed by atoms with E-state index in [1.54, 1.807) is 0 Å². The van der Waals surface area contributed by atoms with E-state index in [2.05, 4.69) is 6.92 Å². The summed E-state index contributed by atoms with van der Waals surface area (Å²) in [7, 11) is -3.04. The summed E-state index contributed by atoms with van der Waals surface area (Å²) in [4.78, 5) is 0. The fourth-order valence-electron chi connectivity index (χ4n) is 3.60. The number of aliphatic hydroxyl groups excluding tert-OH is 1. The van der Waals surface area contributed by atoms with Crippen molar-refractivity contribution in [2.24, 2.45) is 11.8 Å². The molecule has 3 nitrogen and oxygen atoms in total. The molecule has 1 N–H and O–H groups in total. The largest absolute Gasteiger partial charge is 0.391 e. The van der Waals surface area contributed by atoms with E-state index in [-0.39, 0.29) is 11.7 Å². The summed E-state index contributed by atoms with van der Waals surface area (Å²) in [6, 6.07) is 0. The molecule has 1 saturated heterocycles. The third-order valence-electron chi connectivity index (χ3n) is 4.96. The first-order chi connectivity index (χ1) is 8.54. The van der Waals surface area contributed by atoms with Gasteiger partial charge in [-0.05, 0) is 37.5 Å². The van der Waals surface area contributed by atoms with Gasteiger partial charge >= 0.3 is 0 Å². The smallest absolute Gasteiger partial charge is 0.155 e. The monoisotopic (exact) mass is 274 g/mol. The minimum atomic E-state index is -3.04. The average molecular weight is 274 g/mol. The molecule has 0 aromatic rings. The third kappa shape index (κ3) is 3.08. The van der Waals surface area contributed by atoms with Crippen molar-refractivity contribution in [3.05, 3.63) is 0 Å². The maximum Gasteiger partial charge on any atom is 0.155 e. The Labute approximate surface area is 111 Å². The van der Waals surface area contributed by atoms with E-state index in [9.17, 15) is 13.5 Å². The summed E-state index contributed by atoms with van der Waals surface area (Å²) in [6.45, 7) is 2.22. The van der Waals surface area contributed by atoms with Gasteiger partial charge in [-0.25, -0.2) is 8.42 Å². The second-order valence-corrected chi connectivity index (χ2v) is 8.42. The Kier molecular flexibility index (Phi) is 4.70. The summed E-state index contributed by atoms with van der Waals surface area (Å²) in [5.41, 5.74) is 0. The van der Waals surface area contributed by atoms with Crippen molar-refractivity contribution in [2.45, 2.75) is 69.6 Å². The first-order valence-corrected chi connectivity index (χ1v) is 9.15. The molecule has 2 unspecified atom stereocenters. The second-order valence-electron chi connectivity index (χ2n) is 6.08. The molecule has 18 heavy (non-hydrogen) atoms. The summed E-state index contributed by atoms with van der Waals surface area (Å²) in [5, 5.41) is 9.94. The minimum Gasteiger partial charge on any atom is -0.391 e. The van der Waals surface area contributed by atoms with Crippen molar-refractivity contribution < 1.29 is 13.5 Å². The molecular formula is C14H26O3S. The predicted octanol–water partition coefficient (Wildman–Crippen LogP) is 2.53. The minimum absolute atomic E-state index is 0.214. The fraction of sp³-hybridized carbons (Fsp3) is 1.00. The second kappa shape index (κ2) is 5.91. The van der Waals surface area contributed by atoms with Gasteiger partial charge < -0.3 is 5.11 Å². The van der Waals surface area contributed by atoms with Crippen molar-refractivity contribution in [3.63, 3.8) is 0 Å². The highest BCUT2D eigenvalue weighted by atomic mass is 32.2. The zero-order valence-electron chi connectivity index (χ0n) is 11.3. The Bertz CT molecular complexity index is 355. The van der Waals surface area contributed by atoms with Crippen LogP contribution >= 0.6 is 0 Å². The lowest BCUT2D eigenvalue weighted by Crippen LogP contribution is -2.43. The fourth-order valence-corrected chi connectivity index (χ4v) is 5.69. The van der Waals surface area contributed by atoms with Gasteiger partial charge in [0.2, 0.25) is 0 Å². The van der Waals surface area contributed by atoms with Gasteiger partial charge in [0, 0.05) is 0 Å². The molecule has 0 radical (unpaired) electrons. The van der Waals surface area contributed by atoms with Gasteiger partial charge in [0.25, 0.3) is 0 Å². The number of rotatable bonds is 3. The van der Waals surface area contributed by atoms with E-state index in [0.29, 0.717) is 6.42 Å². The molecule has 0 aromatic carbocycles. The van der Waals surface area contributed by atoms with Gasteiger partial charge in [0.05, 0.1) is 17.1 Å². The lowest BCUT2D eigenvalue weighted by atomic mass is 9.77. The molecule has 1 saturated carbocycles. The molecule has 0 amide bonds. The van der Waals surface area contributed by atoms with E-state index >= 15 is 0 Å². The lowest BCUT2D eigenvalue weighted by Gasteiger charge is -2.36. The van der Waals surface area contributed by atoms with Crippen molar-refractivity contribution in [1.82, 2.24) is 0 Å². The van der Waals surface area contributed by atoms with Crippen LogP contribution in [0, 0.1) is 11.8 Å². The van der Waals surface area contributed by atoms with Gasteiger partial charge in [-0.3, -0.25) is 0 Å². The predicted molar refractivity (Wildman–Crippen MR) is 73.2 cm³/mol. The van der Waals surface area contributed by atoms with E-state index < -0.39 is 21.2 Å². The molecule has 1 heterocycles. The van der Waals surface area contributed by atoms with Crippen LogP contribution in [0.1, 0.15) is 58.3 Å². The highest BCUT2D eigenvalue weighted by Crippen LogP contribution is 2.36. The van der Waals surface area contributed by atoms with Crippen LogP contribution in [-0.4, -0.2) is 30.6 Å². The molecule has 0 aromatic heterocycles. The van der Waals surface area contributed by atoms with Crippen LogP contribution in [0.15, 0.2) is 0 Å². The highest BCUT2D eigenvalue weighted by molar-refractivity contribution is 7.92. The molecule has 106 valence electrons. The molecular weight excluding hydrogens is 248 g/mol. The maximum atomic E-state index is 12.0. The first kappa shape index (κ1) is 14.3. The van der Waals surface area contributed by atoms with Crippen molar-refractivity contribution in [3.8, 4) is 0 Å². The van der Waals surface area contributed by atoms with Gasteiger partial charge in [0.1, 0.15) is 0 Å². The zero-order valence-corrected chi connectivity index (χ0v) is 12.2. The number of sulfone groups is 1. The zero-order chi connectivity index (χ0) is 13.2. The molecule has 2 aliphatic rings. The molecule has 2 atom stereocenters. The quantitative estimate of drug-likeness (QED) is 0.860. The van der Waals surface area contributed by atoms with Gasteiger partial charge in [-0.1, -0.05) is 32.6 Å². The van der Waals surface area contributed by atoms with Crippen LogP contribution in [-0.2, 0) is 9.84 Å². The normalized spacial score (nSPS) is 38.2. The van der Waals surface area contributed by atoms with Gasteiger partial charge in [-0.15, -0.1) is 0 Å². The molecule has 4 heteroatoms. The van der Waals surface area contributed by atoms with Crippen LogP contribution in [0.2, 0.25) is 0 Å². The number of hydrogen-bond acceptors (Lipinski definition) is 3. The van der Waals surface area contributed by atoms with Crippen molar-refractivity contribution in [2.75, 3.05) is 5.75 Å². The molecule has 0 bridgehead atoms. The van der Waals surface area contributed by atoms with Crippen LogP contribution in [0.3, 0.4) is 0 Å². The van der Waals surface area contributed by atoms with Gasteiger partial charge in [0.15, 0.2) is 9.84 Å². The molecule has 2 fully saturated rings. The maximum absolute atomic E-state index is 12.0.